The van der Waals surface area contributed by atoms with Gasteiger partial charge in [0.05, 0.1) is 10.7 Å². The van der Waals surface area contributed by atoms with Crippen LogP contribution in [-0.2, 0) is 9.59 Å². The minimum absolute atomic E-state index is 0.0400. The molecule has 0 bridgehead atoms. The fraction of sp³-hybridized carbons (Fsp3) is 0. The fourth-order valence-electron chi connectivity index (χ4n) is 1.62. The van der Waals surface area contributed by atoms with Crippen LogP contribution in [0.5, 0.6) is 5.75 Å². The Morgan fingerprint density at radius 1 is 1.12 bits per heavy atom. The first kappa shape index (κ1) is 18.4. The summed E-state index contributed by atoms with van der Waals surface area (Å²) in [5.74, 6) is -1.87. The minimum Gasteiger partial charge on any atom is -0.506 e. The lowest BCUT2D eigenvalue weighted by molar-refractivity contribution is -0.136. The number of amides is 2. The van der Waals surface area contributed by atoms with Crippen LogP contribution in [0.3, 0.4) is 0 Å². The van der Waals surface area contributed by atoms with E-state index in [4.69, 9.17) is 11.6 Å². The van der Waals surface area contributed by atoms with Crippen molar-refractivity contribution in [1.82, 2.24) is 5.43 Å². The van der Waals surface area contributed by atoms with Crippen LogP contribution < -0.4 is 10.7 Å². The molecule has 0 heterocycles. The second-order valence-corrected chi connectivity index (χ2v) is 6.69. The third kappa shape index (κ3) is 5.05. The number of hydrogen-bond donors (Lipinski definition) is 3. The summed E-state index contributed by atoms with van der Waals surface area (Å²) in [6.45, 7) is 0. The number of anilines is 1. The second-order valence-electron chi connectivity index (χ2n) is 4.49. The first-order valence-electron chi connectivity index (χ1n) is 6.45. The maximum Gasteiger partial charge on any atom is 0.329 e. The van der Waals surface area contributed by atoms with Gasteiger partial charge in [0.25, 0.3) is 0 Å². The first-order valence-corrected chi connectivity index (χ1v) is 8.41. The van der Waals surface area contributed by atoms with Crippen LogP contribution in [-0.4, -0.2) is 23.1 Å². The van der Waals surface area contributed by atoms with Crippen LogP contribution in [0.15, 0.2) is 50.4 Å². The number of rotatable bonds is 3. The maximum absolute atomic E-state index is 11.7. The zero-order valence-electron chi connectivity index (χ0n) is 11.9. The number of phenolic OH excluding ortho intramolecular Hbond substituents is 1. The van der Waals surface area contributed by atoms with Gasteiger partial charge >= 0.3 is 11.8 Å². The third-order valence-corrected chi connectivity index (χ3v) is 4.05. The van der Waals surface area contributed by atoms with Crippen molar-refractivity contribution >= 4 is 67.2 Å². The van der Waals surface area contributed by atoms with Gasteiger partial charge in [-0.25, -0.2) is 5.43 Å². The van der Waals surface area contributed by atoms with Crippen molar-refractivity contribution in [1.29, 1.82) is 0 Å². The molecule has 0 aliphatic heterocycles. The second kappa shape index (κ2) is 8.27. The molecule has 2 amide bonds. The number of carbonyl (C=O) groups is 2. The SMILES string of the molecule is O=C(N/N=C/c1cc(Br)cc(Br)c1O)C(=O)Nc1ccc(Cl)cc1. The quantitative estimate of drug-likeness (QED) is 0.360. The summed E-state index contributed by atoms with van der Waals surface area (Å²) in [5.41, 5.74) is 2.86. The molecule has 24 heavy (non-hydrogen) atoms. The molecule has 0 saturated carbocycles. The molecule has 0 atom stereocenters. The predicted molar refractivity (Wildman–Crippen MR) is 99.3 cm³/mol. The molecular weight excluding hydrogens is 465 g/mol. The monoisotopic (exact) mass is 473 g/mol. The standard InChI is InChI=1S/C15H10Br2ClN3O3/c16-9-5-8(13(22)12(17)6-9)7-19-21-15(24)14(23)20-11-3-1-10(18)2-4-11/h1-7,22H,(H,20,23)(H,21,24)/b19-7+. The third-order valence-electron chi connectivity index (χ3n) is 2.74. The molecule has 2 rings (SSSR count). The Labute approximate surface area is 159 Å². The smallest absolute Gasteiger partial charge is 0.329 e. The van der Waals surface area contributed by atoms with E-state index in [-0.39, 0.29) is 5.75 Å². The number of hydrazone groups is 1. The minimum atomic E-state index is -0.949. The van der Waals surface area contributed by atoms with Crippen LogP contribution in [0.1, 0.15) is 5.56 Å². The number of benzene rings is 2. The Hall–Kier alpha value is -1.90. The van der Waals surface area contributed by atoms with Crippen LogP contribution >= 0.6 is 43.5 Å². The molecule has 0 unspecified atom stereocenters. The Morgan fingerprint density at radius 3 is 2.46 bits per heavy atom. The van der Waals surface area contributed by atoms with E-state index in [1.165, 1.54) is 6.21 Å². The van der Waals surface area contributed by atoms with Crippen molar-refractivity contribution in [3.8, 4) is 5.75 Å². The van der Waals surface area contributed by atoms with E-state index in [9.17, 15) is 14.7 Å². The van der Waals surface area contributed by atoms with Crippen LogP contribution in [0.2, 0.25) is 5.02 Å². The Bertz CT molecular complexity index is 810. The molecule has 124 valence electrons. The largest absolute Gasteiger partial charge is 0.506 e. The first-order chi connectivity index (χ1) is 11.4. The lowest BCUT2D eigenvalue weighted by atomic mass is 10.2. The van der Waals surface area contributed by atoms with Crippen molar-refractivity contribution < 1.29 is 14.7 Å². The van der Waals surface area contributed by atoms with Crippen LogP contribution in [0.25, 0.3) is 0 Å². The molecule has 0 radical (unpaired) electrons. The summed E-state index contributed by atoms with van der Waals surface area (Å²) in [4.78, 5) is 23.4. The average Bonchev–Trinajstić information content (AvgIpc) is 2.53. The number of phenols is 1. The number of aromatic hydroxyl groups is 1. The van der Waals surface area contributed by atoms with E-state index in [1.54, 1.807) is 36.4 Å². The van der Waals surface area contributed by atoms with Gasteiger partial charge in [-0.05, 0) is 52.3 Å². The number of carbonyl (C=O) groups excluding carboxylic acids is 2. The molecule has 6 nitrogen and oxygen atoms in total. The van der Waals surface area contributed by atoms with Crippen molar-refractivity contribution in [2.45, 2.75) is 0 Å². The normalized spacial score (nSPS) is 10.6. The Balaban J connectivity index is 1.97. The van der Waals surface area contributed by atoms with E-state index in [0.717, 1.165) is 0 Å². The van der Waals surface area contributed by atoms with E-state index in [0.29, 0.717) is 25.2 Å². The Kier molecular flexibility index (Phi) is 6.36. The molecule has 0 aliphatic rings. The molecule has 0 saturated heterocycles. The highest BCUT2D eigenvalue weighted by atomic mass is 79.9. The predicted octanol–water partition coefficient (Wildman–Crippen LogP) is 3.66. The summed E-state index contributed by atoms with van der Waals surface area (Å²) in [7, 11) is 0. The average molecular weight is 476 g/mol. The number of nitrogens with one attached hydrogen (secondary N) is 2. The van der Waals surface area contributed by atoms with E-state index in [2.05, 4.69) is 47.7 Å². The van der Waals surface area contributed by atoms with E-state index < -0.39 is 11.8 Å². The van der Waals surface area contributed by atoms with Crippen LogP contribution in [0, 0.1) is 0 Å². The van der Waals surface area contributed by atoms with Gasteiger partial charge in [0.2, 0.25) is 0 Å². The summed E-state index contributed by atoms with van der Waals surface area (Å²) in [6, 6.07) is 9.55. The highest BCUT2D eigenvalue weighted by Crippen LogP contribution is 2.30. The molecule has 3 N–H and O–H groups in total. The van der Waals surface area contributed by atoms with Gasteiger partial charge in [0, 0.05) is 20.7 Å². The highest BCUT2D eigenvalue weighted by molar-refractivity contribution is 9.11. The van der Waals surface area contributed by atoms with Gasteiger partial charge in [-0.1, -0.05) is 27.5 Å². The molecule has 9 heteroatoms. The fourth-order valence-corrected chi connectivity index (χ4v) is 3.00. The number of hydrogen-bond acceptors (Lipinski definition) is 4. The lowest BCUT2D eigenvalue weighted by Gasteiger charge is -2.04. The van der Waals surface area contributed by atoms with Crippen molar-refractivity contribution in [2.75, 3.05) is 5.32 Å². The Morgan fingerprint density at radius 2 is 1.79 bits per heavy atom. The zero-order chi connectivity index (χ0) is 17.7. The summed E-state index contributed by atoms with van der Waals surface area (Å²) in [5, 5.41) is 16.4. The van der Waals surface area contributed by atoms with Crippen LogP contribution in [0.4, 0.5) is 5.69 Å². The molecule has 2 aromatic carbocycles. The van der Waals surface area contributed by atoms with Crippen molar-refractivity contribution in [2.24, 2.45) is 5.10 Å². The molecule has 2 aromatic rings. The summed E-state index contributed by atoms with van der Waals surface area (Å²) >= 11 is 12.2. The molecular formula is C15H10Br2ClN3O3. The van der Waals surface area contributed by atoms with E-state index in [1.807, 2.05) is 0 Å². The summed E-state index contributed by atoms with van der Waals surface area (Å²) < 4.78 is 1.17. The van der Waals surface area contributed by atoms with Gasteiger partial charge in [0.1, 0.15) is 5.75 Å². The topological polar surface area (TPSA) is 90.8 Å². The van der Waals surface area contributed by atoms with Crippen molar-refractivity contribution in [3.63, 3.8) is 0 Å². The lowest BCUT2D eigenvalue weighted by Crippen LogP contribution is -2.32. The van der Waals surface area contributed by atoms with Gasteiger partial charge < -0.3 is 10.4 Å². The summed E-state index contributed by atoms with van der Waals surface area (Å²) in [6.07, 6.45) is 1.22. The highest BCUT2D eigenvalue weighted by Gasteiger charge is 2.13. The van der Waals surface area contributed by atoms with Gasteiger partial charge in [-0.15, -0.1) is 0 Å². The zero-order valence-corrected chi connectivity index (χ0v) is 15.8. The number of halogens is 3. The molecule has 0 aliphatic carbocycles. The molecule has 0 spiro atoms. The van der Waals surface area contributed by atoms with Gasteiger partial charge in [-0.2, -0.15) is 5.10 Å². The van der Waals surface area contributed by atoms with Crippen molar-refractivity contribution in [3.05, 3.63) is 55.9 Å². The maximum atomic E-state index is 11.7. The molecule has 0 aromatic heterocycles. The molecule has 0 fully saturated rings. The van der Waals surface area contributed by atoms with Gasteiger partial charge in [-0.3, -0.25) is 9.59 Å². The number of nitrogens with zero attached hydrogens (tertiary/aromatic N) is 1. The van der Waals surface area contributed by atoms with E-state index >= 15 is 0 Å². The van der Waals surface area contributed by atoms with Gasteiger partial charge in [0.15, 0.2) is 0 Å².